The molecule has 0 aliphatic heterocycles. The molecule has 3 amide bonds. The first-order chi connectivity index (χ1) is 16.0. The van der Waals surface area contributed by atoms with Gasteiger partial charge in [0, 0.05) is 11.6 Å². The first kappa shape index (κ1) is 30.5. The summed E-state index contributed by atoms with van der Waals surface area (Å²) in [6.45, 7) is 20.9. The van der Waals surface area contributed by atoms with Crippen LogP contribution in [0.1, 0.15) is 99.2 Å². The Balaban J connectivity index is 3.66. The highest BCUT2D eigenvalue weighted by Crippen LogP contribution is 2.33. The van der Waals surface area contributed by atoms with Gasteiger partial charge in [-0.05, 0) is 73.3 Å². The minimum Gasteiger partial charge on any atom is -0.444 e. The summed E-state index contributed by atoms with van der Waals surface area (Å²) in [7, 11) is 0. The van der Waals surface area contributed by atoms with Gasteiger partial charge >= 0.3 is 6.09 Å². The molecule has 3 unspecified atom stereocenters. The van der Waals surface area contributed by atoms with E-state index in [0.29, 0.717) is 12.8 Å². The van der Waals surface area contributed by atoms with Gasteiger partial charge in [-0.15, -0.1) is 0 Å². The molecule has 0 aromatic heterocycles. The monoisotopic (exact) mass is 489 g/mol. The predicted molar refractivity (Wildman–Crippen MR) is 141 cm³/mol. The first-order valence-electron chi connectivity index (χ1n) is 12.7. The van der Waals surface area contributed by atoms with E-state index in [1.807, 2.05) is 79.7 Å². The summed E-state index contributed by atoms with van der Waals surface area (Å²) >= 11 is 0. The molecule has 0 radical (unpaired) electrons. The minimum absolute atomic E-state index is 0.0956. The fraction of sp³-hybridized carbons (Fsp3) is 0.679. The van der Waals surface area contributed by atoms with Gasteiger partial charge in [0.05, 0.1) is 0 Å². The molecule has 1 aromatic rings. The van der Waals surface area contributed by atoms with Crippen molar-refractivity contribution in [3.63, 3.8) is 0 Å². The Hall–Kier alpha value is -2.57. The van der Waals surface area contributed by atoms with Crippen molar-refractivity contribution >= 4 is 17.9 Å². The van der Waals surface area contributed by atoms with Crippen LogP contribution in [0.2, 0.25) is 0 Å². The molecule has 0 spiro atoms. The molecule has 198 valence electrons. The molecule has 1 aromatic carbocycles. The van der Waals surface area contributed by atoms with Gasteiger partial charge in [0.2, 0.25) is 11.8 Å². The predicted octanol–water partition coefficient (Wildman–Crippen LogP) is 5.52. The number of nitrogens with one attached hydrogen (secondary N) is 2. The Labute approximate surface area is 212 Å². The molecule has 7 heteroatoms. The average Bonchev–Trinajstić information content (AvgIpc) is 2.72. The normalized spacial score (nSPS) is 14.6. The Bertz CT molecular complexity index is 873. The summed E-state index contributed by atoms with van der Waals surface area (Å²) in [5, 5.41) is 5.82. The minimum atomic E-state index is -0.855. The zero-order valence-electron chi connectivity index (χ0n) is 23.6. The number of amides is 3. The lowest BCUT2D eigenvalue weighted by molar-refractivity contribution is -0.150. The number of carbonyl (C=O) groups excluding carboxylic acids is 3. The van der Waals surface area contributed by atoms with Gasteiger partial charge in [0.25, 0.3) is 0 Å². The van der Waals surface area contributed by atoms with Gasteiger partial charge in [-0.2, -0.15) is 0 Å². The molecule has 0 bridgehead atoms. The Morgan fingerprint density at radius 3 is 2.06 bits per heavy atom. The molecule has 1 rings (SSSR count). The zero-order valence-corrected chi connectivity index (χ0v) is 23.6. The van der Waals surface area contributed by atoms with Gasteiger partial charge in [-0.1, -0.05) is 57.0 Å². The van der Waals surface area contributed by atoms with Crippen LogP contribution in [0.4, 0.5) is 4.79 Å². The van der Waals surface area contributed by atoms with Gasteiger partial charge in [-0.25, -0.2) is 4.79 Å². The van der Waals surface area contributed by atoms with Crippen LogP contribution >= 0.6 is 0 Å². The van der Waals surface area contributed by atoms with Crippen LogP contribution < -0.4 is 10.6 Å². The molecule has 0 fully saturated rings. The molecule has 0 heterocycles. The molecule has 35 heavy (non-hydrogen) atoms. The molecule has 0 saturated carbocycles. The zero-order chi connectivity index (χ0) is 27.1. The topological polar surface area (TPSA) is 87.7 Å². The number of ether oxygens (including phenoxy) is 1. The summed E-state index contributed by atoms with van der Waals surface area (Å²) in [6, 6.07) is 5.88. The van der Waals surface area contributed by atoms with E-state index in [0.717, 1.165) is 11.1 Å². The third-order valence-electron chi connectivity index (χ3n) is 6.20. The van der Waals surface area contributed by atoms with E-state index in [1.165, 1.54) is 0 Å². The molecule has 3 atom stereocenters. The third kappa shape index (κ3) is 8.86. The molecule has 0 saturated heterocycles. The van der Waals surface area contributed by atoms with Crippen LogP contribution in [0.25, 0.3) is 0 Å². The number of hydrogen-bond donors (Lipinski definition) is 2. The third-order valence-corrected chi connectivity index (χ3v) is 6.20. The van der Waals surface area contributed by atoms with Crippen molar-refractivity contribution in [1.82, 2.24) is 15.5 Å². The molecule has 0 aliphatic carbocycles. The maximum Gasteiger partial charge on any atom is 0.408 e. The van der Waals surface area contributed by atoms with Gasteiger partial charge in [0.15, 0.2) is 0 Å². The van der Waals surface area contributed by atoms with Crippen molar-refractivity contribution in [3.8, 4) is 0 Å². The second-order valence-corrected chi connectivity index (χ2v) is 11.4. The van der Waals surface area contributed by atoms with E-state index in [9.17, 15) is 14.4 Å². The number of aryl methyl sites for hydroxylation is 1. The van der Waals surface area contributed by atoms with Crippen LogP contribution in [0, 0.1) is 12.8 Å². The second-order valence-electron chi connectivity index (χ2n) is 11.4. The maximum atomic E-state index is 14.3. The van der Waals surface area contributed by atoms with E-state index in [-0.39, 0.29) is 23.8 Å². The largest absolute Gasteiger partial charge is 0.444 e. The van der Waals surface area contributed by atoms with Crippen molar-refractivity contribution in [1.29, 1.82) is 0 Å². The van der Waals surface area contributed by atoms with Crippen LogP contribution in [-0.2, 0) is 14.3 Å². The van der Waals surface area contributed by atoms with Crippen LogP contribution in [0.15, 0.2) is 24.3 Å². The second kappa shape index (κ2) is 12.4. The van der Waals surface area contributed by atoms with Crippen molar-refractivity contribution in [2.24, 2.45) is 5.92 Å². The lowest BCUT2D eigenvalue weighted by Crippen LogP contribution is -2.61. The number of benzene rings is 1. The molecular weight excluding hydrogens is 442 g/mol. The maximum absolute atomic E-state index is 14.3. The van der Waals surface area contributed by atoms with Crippen LogP contribution in [-0.4, -0.2) is 46.0 Å². The molecule has 2 N–H and O–H groups in total. The lowest BCUT2D eigenvalue weighted by atomic mass is 9.89. The Kier molecular flexibility index (Phi) is 10.8. The van der Waals surface area contributed by atoms with E-state index in [4.69, 9.17) is 4.74 Å². The highest BCUT2D eigenvalue weighted by atomic mass is 16.6. The molecular formula is C28H47N3O4. The number of alkyl carbamates (subject to hydrolysis) is 1. The summed E-state index contributed by atoms with van der Waals surface area (Å²) in [5.41, 5.74) is 0.368. The fourth-order valence-corrected chi connectivity index (χ4v) is 3.83. The quantitative estimate of drug-likeness (QED) is 0.453. The average molecular weight is 490 g/mol. The summed E-state index contributed by atoms with van der Waals surface area (Å²) < 4.78 is 5.47. The van der Waals surface area contributed by atoms with Gasteiger partial charge in [-0.3, -0.25) is 9.59 Å². The molecule has 7 nitrogen and oxygen atoms in total. The summed E-state index contributed by atoms with van der Waals surface area (Å²) in [5.74, 6) is -0.723. The van der Waals surface area contributed by atoms with Crippen molar-refractivity contribution < 1.29 is 19.1 Å². The van der Waals surface area contributed by atoms with E-state index >= 15 is 0 Å². The van der Waals surface area contributed by atoms with Crippen molar-refractivity contribution in [2.75, 3.05) is 0 Å². The smallest absolute Gasteiger partial charge is 0.408 e. The summed E-state index contributed by atoms with van der Waals surface area (Å²) in [6.07, 6.45) is 0.638. The SMILES string of the molecule is CCC(C)C(NC(=O)OC(C)(C)C)C(=O)N(C(C(=O)NC(C)C)c1cccc(C)c1)C(C)(C)CC. The number of rotatable bonds is 10. The van der Waals surface area contributed by atoms with Gasteiger partial charge in [0.1, 0.15) is 17.7 Å². The van der Waals surface area contributed by atoms with Crippen molar-refractivity contribution in [3.05, 3.63) is 35.4 Å². The fourth-order valence-electron chi connectivity index (χ4n) is 3.83. The Morgan fingerprint density at radius 2 is 1.60 bits per heavy atom. The summed E-state index contributed by atoms with van der Waals surface area (Å²) in [4.78, 5) is 42.3. The van der Waals surface area contributed by atoms with Gasteiger partial charge < -0.3 is 20.3 Å². The number of hydrogen-bond acceptors (Lipinski definition) is 4. The molecule has 0 aliphatic rings. The Morgan fingerprint density at radius 1 is 1.00 bits per heavy atom. The van der Waals surface area contributed by atoms with E-state index in [2.05, 4.69) is 10.6 Å². The highest BCUT2D eigenvalue weighted by molar-refractivity contribution is 5.93. The lowest BCUT2D eigenvalue weighted by Gasteiger charge is -2.45. The number of carbonyl (C=O) groups is 3. The van der Waals surface area contributed by atoms with Crippen molar-refractivity contribution in [2.45, 2.75) is 118 Å². The van der Waals surface area contributed by atoms with E-state index < -0.39 is 29.3 Å². The standard InChI is InChI=1S/C28H47N3O4/c1-12-20(6)22(30-26(34)35-27(7,8)9)25(33)31(28(10,11)13-2)23(24(32)29-18(3)4)21-16-14-15-19(5)17-21/h14-18,20,22-23H,12-13H2,1-11H3,(H,29,32)(H,30,34). The van der Waals surface area contributed by atoms with E-state index in [1.54, 1.807) is 25.7 Å². The number of nitrogens with zero attached hydrogens (tertiary/aromatic N) is 1. The van der Waals surface area contributed by atoms with Crippen LogP contribution in [0.5, 0.6) is 0 Å². The first-order valence-corrected chi connectivity index (χ1v) is 12.7. The van der Waals surface area contributed by atoms with Crippen LogP contribution in [0.3, 0.4) is 0 Å². The highest BCUT2D eigenvalue weighted by Gasteiger charge is 2.44.